The largest absolute Gasteiger partial charge is 0.378 e. The fourth-order valence-corrected chi connectivity index (χ4v) is 3.90. The number of aryl methyl sites for hydroxylation is 1. The molecule has 128 valence electrons. The number of ether oxygens (including phenoxy) is 1. The highest BCUT2D eigenvalue weighted by Crippen LogP contribution is 2.22. The van der Waals surface area contributed by atoms with Gasteiger partial charge in [-0.05, 0) is 31.0 Å². The van der Waals surface area contributed by atoms with Crippen LogP contribution in [-0.4, -0.2) is 57.8 Å². The first-order valence-electron chi connectivity index (χ1n) is 7.79. The van der Waals surface area contributed by atoms with Crippen LogP contribution in [0.1, 0.15) is 19.4 Å². The van der Waals surface area contributed by atoms with Crippen molar-refractivity contribution in [3.05, 3.63) is 29.8 Å². The fraction of sp³-hybridized carbons (Fsp3) is 0.562. The van der Waals surface area contributed by atoms with Gasteiger partial charge in [0.2, 0.25) is 15.9 Å². The van der Waals surface area contributed by atoms with Gasteiger partial charge < -0.3 is 9.64 Å². The summed E-state index contributed by atoms with van der Waals surface area (Å²) in [6, 6.07) is 6.50. The number of carbonyl (C=O) groups is 1. The van der Waals surface area contributed by atoms with Gasteiger partial charge in [-0.15, -0.1) is 0 Å². The lowest BCUT2D eigenvalue weighted by atomic mass is 10.1. The number of morpholine rings is 1. The number of nitrogens with zero attached hydrogens (tertiary/aromatic N) is 2. The van der Waals surface area contributed by atoms with Gasteiger partial charge in [0.05, 0.1) is 25.2 Å². The second kappa shape index (κ2) is 7.31. The molecule has 0 bridgehead atoms. The normalized spacial score (nSPS) is 16.9. The van der Waals surface area contributed by atoms with Gasteiger partial charge in [-0.3, -0.25) is 9.10 Å². The third kappa shape index (κ3) is 4.23. The summed E-state index contributed by atoms with van der Waals surface area (Å²) in [6.45, 7) is 5.64. The molecule has 1 aliphatic heterocycles. The van der Waals surface area contributed by atoms with E-state index in [2.05, 4.69) is 0 Å². The zero-order valence-electron chi connectivity index (χ0n) is 13.9. The van der Waals surface area contributed by atoms with Crippen LogP contribution in [0.3, 0.4) is 0 Å². The maximum absolute atomic E-state index is 12.6. The Morgan fingerprint density at radius 1 is 1.26 bits per heavy atom. The van der Waals surface area contributed by atoms with E-state index in [1.165, 1.54) is 4.31 Å². The molecule has 1 heterocycles. The van der Waals surface area contributed by atoms with E-state index in [1.807, 2.05) is 19.1 Å². The zero-order chi connectivity index (χ0) is 17.0. The summed E-state index contributed by atoms with van der Waals surface area (Å²) >= 11 is 0. The number of benzene rings is 1. The van der Waals surface area contributed by atoms with Crippen LogP contribution in [0.5, 0.6) is 0 Å². The van der Waals surface area contributed by atoms with Crippen molar-refractivity contribution in [3.8, 4) is 0 Å². The van der Waals surface area contributed by atoms with Crippen LogP contribution in [0.4, 0.5) is 5.69 Å². The van der Waals surface area contributed by atoms with Gasteiger partial charge in [-0.25, -0.2) is 8.42 Å². The molecular formula is C16H24N2O4S. The molecular weight excluding hydrogens is 316 g/mol. The molecule has 0 radical (unpaired) electrons. The Bertz CT molecular complexity index is 637. The van der Waals surface area contributed by atoms with Gasteiger partial charge in [0.25, 0.3) is 0 Å². The summed E-state index contributed by atoms with van der Waals surface area (Å²) in [4.78, 5) is 14.3. The molecule has 0 spiro atoms. The Morgan fingerprint density at radius 3 is 2.30 bits per heavy atom. The van der Waals surface area contributed by atoms with Crippen molar-refractivity contribution in [2.75, 3.05) is 36.9 Å². The molecule has 1 unspecified atom stereocenters. The summed E-state index contributed by atoms with van der Waals surface area (Å²) in [5.74, 6) is -0.196. The molecule has 1 saturated heterocycles. The third-order valence-corrected chi connectivity index (χ3v) is 5.23. The van der Waals surface area contributed by atoms with Crippen molar-refractivity contribution in [2.45, 2.75) is 26.3 Å². The van der Waals surface area contributed by atoms with Crippen LogP contribution in [0, 0.1) is 0 Å². The van der Waals surface area contributed by atoms with Crippen LogP contribution in [0.15, 0.2) is 24.3 Å². The smallest absolute Gasteiger partial charge is 0.246 e. The highest BCUT2D eigenvalue weighted by Gasteiger charge is 2.32. The fourth-order valence-electron chi connectivity index (χ4n) is 2.73. The van der Waals surface area contributed by atoms with Crippen LogP contribution in [0.2, 0.25) is 0 Å². The van der Waals surface area contributed by atoms with Crippen molar-refractivity contribution in [1.29, 1.82) is 0 Å². The molecule has 0 saturated carbocycles. The SMILES string of the molecule is CCc1ccc(N(C(C)C(=O)N2CCOCC2)S(C)(=O)=O)cc1. The van der Waals surface area contributed by atoms with Gasteiger partial charge in [-0.1, -0.05) is 19.1 Å². The van der Waals surface area contributed by atoms with Crippen molar-refractivity contribution in [3.63, 3.8) is 0 Å². The number of hydrogen-bond acceptors (Lipinski definition) is 4. The van der Waals surface area contributed by atoms with Crippen molar-refractivity contribution in [1.82, 2.24) is 4.90 Å². The maximum Gasteiger partial charge on any atom is 0.246 e. The Hall–Kier alpha value is -1.60. The number of rotatable bonds is 5. The van der Waals surface area contributed by atoms with E-state index in [4.69, 9.17) is 4.74 Å². The summed E-state index contributed by atoms with van der Waals surface area (Å²) in [6.07, 6.45) is 2.01. The highest BCUT2D eigenvalue weighted by atomic mass is 32.2. The first-order valence-corrected chi connectivity index (χ1v) is 9.64. The summed E-state index contributed by atoms with van der Waals surface area (Å²) in [5.41, 5.74) is 1.63. The van der Waals surface area contributed by atoms with Gasteiger partial charge in [0.1, 0.15) is 6.04 Å². The number of hydrogen-bond donors (Lipinski definition) is 0. The Balaban J connectivity index is 2.28. The van der Waals surface area contributed by atoms with E-state index in [0.29, 0.717) is 32.0 Å². The second-order valence-corrected chi connectivity index (χ2v) is 7.55. The molecule has 0 aromatic heterocycles. The van der Waals surface area contributed by atoms with Crippen LogP contribution < -0.4 is 4.31 Å². The Labute approximate surface area is 138 Å². The van der Waals surface area contributed by atoms with E-state index in [-0.39, 0.29) is 5.91 Å². The average molecular weight is 340 g/mol. The predicted octanol–water partition coefficient (Wildman–Crippen LogP) is 1.26. The number of carbonyl (C=O) groups excluding carboxylic acids is 1. The highest BCUT2D eigenvalue weighted by molar-refractivity contribution is 7.92. The molecule has 0 aliphatic carbocycles. The van der Waals surface area contributed by atoms with Crippen LogP contribution in [-0.2, 0) is 26.0 Å². The lowest BCUT2D eigenvalue weighted by molar-refractivity contribution is -0.136. The zero-order valence-corrected chi connectivity index (χ0v) is 14.7. The standard InChI is InChI=1S/C16H24N2O4S/c1-4-14-5-7-15(8-6-14)18(23(3,20)21)13(2)16(19)17-9-11-22-12-10-17/h5-8,13H,4,9-12H2,1-3H3. The first kappa shape index (κ1) is 17.7. The second-order valence-electron chi connectivity index (χ2n) is 5.69. The van der Waals surface area contributed by atoms with E-state index < -0.39 is 16.1 Å². The van der Waals surface area contributed by atoms with Crippen molar-refractivity contribution in [2.24, 2.45) is 0 Å². The predicted molar refractivity (Wildman–Crippen MR) is 90.0 cm³/mol. The first-order chi connectivity index (χ1) is 10.8. The van der Waals surface area contributed by atoms with Gasteiger partial charge in [0.15, 0.2) is 0 Å². The quantitative estimate of drug-likeness (QED) is 0.809. The lowest BCUT2D eigenvalue weighted by Gasteiger charge is -2.34. The lowest BCUT2D eigenvalue weighted by Crippen LogP contribution is -2.52. The molecule has 7 heteroatoms. The average Bonchev–Trinajstić information content (AvgIpc) is 2.54. The van der Waals surface area contributed by atoms with Crippen LogP contribution >= 0.6 is 0 Å². The van der Waals surface area contributed by atoms with E-state index in [1.54, 1.807) is 24.0 Å². The number of sulfonamides is 1. The van der Waals surface area contributed by atoms with E-state index in [9.17, 15) is 13.2 Å². The minimum Gasteiger partial charge on any atom is -0.378 e. The number of anilines is 1. The van der Waals surface area contributed by atoms with E-state index in [0.717, 1.165) is 18.2 Å². The molecule has 1 amide bonds. The molecule has 6 nitrogen and oxygen atoms in total. The van der Waals surface area contributed by atoms with Gasteiger partial charge in [-0.2, -0.15) is 0 Å². The Morgan fingerprint density at radius 2 is 1.83 bits per heavy atom. The van der Waals surface area contributed by atoms with Gasteiger partial charge in [0, 0.05) is 13.1 Å². The minimum atomic E-state index is -3.57. The van der Waals surface area contributed by atoms with Crippen molar-refractivity contribution >= 4 is 21.6 Å². The molecule has 1 aromatic carbocycles. The summed E-state index contributed by atoms with van der Waals surface area (Å²) in [7, 11) is -3.57. The maximum atomic E-state index is 12.6. The summed E-state index contributed by atoms with van der Waals surface area (Å²) < 4.78 is 30.9. The monoisotopic (exact) mass is 340 g/mol. The van der Waals surface area contributed by atoms with E-state index >= 15 is 0 Å². The molecule has 1 aliphatic rings. The molecule has 1 aromatic rings. The third-order valence-electron chi connectivity index (χ3n) is 3.99. The minimum absolute atomic E-state index is 0.196. The molecule has 23 heavy (non-hydrogen) atoms. The van der Waals surface area contributed by atoms with Gasteiger partial charge >= 0.3 is 0 Å². The number of amides is 1. The summed E-state index contributed by atoms with van der Waals surface area (Å²) in [5, 5.41) is 0. The topological polar surface area (TPSA) is 66.9 Å². The Kier molecular flexibility index (Phi) is 5.64. The van der Waals surface area contributed by atoms with Crippen molar-refractivity contribution < 1.29 is 17.9 Å². The molecule has 0 N–H and O–H groups in total. The molecule has 1 atom stereocenters. The molecule has 1 fully saturated rings. The molecule has 2 rings (SSSR count). The van der Waals surface area contributed by atoms with Crippen LogP contribution in [0.25, 0.3) is 0 Å².